The third-order valence-electron chi connectivity index (χ3n) is 4.06. The van der Waals surface area contributed by atoms with Crippen molar-refractivity contribution in [1.29, 1.82) is 0 Å². The molecule has 2 aliphatic heterocycles. The average Bonchev–Trinajstić information content (AvgIpc) is 2.92. The average molecular weight is 346 g/mol. The Hall–Kier alpha value is -2.48. The van der Waals surface area contributed by atoms with E-state index in [1.165, 1.54) is 36.0 Å². The zero-order valence-corrected chi connectivity index (χ0v) is 13.4. The zero-order chi connectivity index (χ0) is 17.3. The van der Waals surface area contributed by atoms with Crippen LogP contribution in [0.4, 0.5) is 5.69 Å². The second-order valence-electron chi connectivity index (χ2n) is 5.71. The van der Waals surface area contributed by atoms with Gasteiger partial charge in [-0.05, 0) is 35.5 Å². The Balaban J connectivity index is 1.92. The van der Waals surface area contributed by atoms with Gasteiger partial charge in [-0.1, -0.05) is 0 Å². The number of benzene rings is 1. The van der Waals surface area contributed by atoms with Crippen molar-refractivity contribution in [3.63, 3.8) is 0 Å². The Kier molecular flexibility index (Phi) is 4.23. The van der Waals surface area contributed by atoms with Crippen LogP contribution in [0.25, 0.3) is 0 Å². The number of hydrogen-bond acceptors (Lipinski definition) is 6. The summed E-state index contributed by atoms with van der Waals surface area (Å²) in [5.74, 6) is -1.36. The van der Waals surface area contributed by atoms with Gasteiger partial charge in [-0.2, -0.15) is 0 Å². The number of thioether (sulfide) groups is 1. The van der Waals surface area contributed by atoms with Crippen LogP contribution in [-0.4, -0.2) is 39.3 Å². The summed E-state index contributed by atoms with van der Waals surface area (Å²) in [5.41, 5.74) is 1.09. The lowest BCUT2D eigenvalue weighted by molar-refractivity contribution is -0.384. The highest BCUT2D eigenvalue weighted by Gasteiger charge is 2.47. The molecular weight excluding hydrogens is 332 g/mol. The lowest BCUT2D eigenvalue weighted by Crippen LogP contribution is -2.36. The molecule has 2 heterocycles. The third kappa shape index (κ3) is 2.96. The second kappa shape index (κ2) is 6.20. The van der Waals surface area contributed by atoms with Gasteiger partial charge in [-0.25, -0.2) is 0 Å². The number of hydrogen-bond donors (Lipinski definition) is 1. The Bertz CT molecular complexity index is 784. The molecule has 0 amide bonds. The number of carbonyl (C=O) groups is 2. The van der Waals surface area contributed by atoms with Crippen LogP contribution in [0, 0.1) is 10.1 Å². The largest absolute Gasteiger partial charge is 0.481 e. The van der Waals surface area contributed by atoms with Crippen molar-refractivity contribution in [2.45, 2.75) is 24.0 Å². The molecule has 7 nitrogen and oxygen atoms in total. The Morgan fingerprint density at radius 1 is 1.33 bits per heavy atom. The topological polar surface area (TPSA) is 110 Å². The number of carboxylic acid groups (broad SMARTS) is 1. The fourth-order valence-electron chi connectivity index (χ4n) is 2.96. The molecule has 8 heteroatoms. The summed E-state index contributed by atoms with van der Waals surface area (Å²) in [7, 11) is 0. The molecule has 1 aromatic rings. The number of nitro benzene ring substituents is 1. The summed E-state index contributed by atoms with van der Waals surface area (Å²) in [5, 5.41) is 20.0. The molecule has 2 aliphatic rings. The van der Waals surface area contributed by atoms with Gasteiger partial charge in [0.15, 0.2) is 5.78 Å². The van der Waals surface area contributed by atoms with Crippen LogP contribution >= 0.6 is 11.8 Å². The first-order valence-corrected chi connectivity index (χ1v) is 8.15. The van der Waals surface area contributed by atoms with Crippen molar-refractivity contribution in [2.24, 2.45) is 4.99 Å². The van der Waals surface area contributed by atoms with Crippen LogP contribution in [0.3, 0.4) is 0 Å². The summed E-state index contributed by atoms with van der Waals surface area (Å²) in [6, 6.07) is 5.29. The molecule has 0 radical (unpaired) electrons. The van der Waals surface area contributed by atoms with Crippen molar-refractivity contribution in [1.82, 2.24) is 0 Å². The van der Waals surface area contributed by atoms with Gasteiger partial charge in [0, 0.05) is 30.5 Å². The monoisotopic (exact) mass is 346 g/mol. The fourth-order valence-corrected chi connectivity index (χ4v) is 4.52. The predicted octanol–water partition coefficient (Wildman–Crippen LogP) is 2.86. The summed E-state index contributed by atoms with van der Waals surface area (Å²) >= 11 is 1.31. The number of rotatable bonds is 5. The highest BCUT2D eigenvalue weighted by atomic mass is 32.2. The maximum atomic E-state index is 13.0. The first-order chi connectivity index (χ1) is 11.4. The number of aliphatic imine (C=N–C) groups is 1. The van der Waals surface area contributed by atoms with Crippen LogP contribution in [0.5, 0.6) is 0 Å². The molecule has 0 bridgehead atoms. The number of dihydropyridines is 1. The van der Waals surface area contributed by atoms with Gasteiger partial charge in [-0.3, -0.25) is 24.7 Å². The SMILES string of the molecule is O=C(O)CC1(C(=O)c2ccc([N+](=O)[O-])cc2)CC2=C(CCN=C2)S1. The summed E-state index contributed by atoms with van der Waals surface area (Å²) in [6.45, 7) is 0.640. The normalized spacial score (nSPS) is 22.3. The fraction of sp³-hybridized carbons (Fsp3) is 0.312. The zero-order valence-electron chi connectivity index (χ0n) is 12.6. The maximum Gasteiger partial charge on any atom is 0.305 e. The molecule has 124 valence electrons. The van der Waals surface area contributed by atoms with E-state index in [-0.39, 0.29) is 23.5 Å². The molecule has 0 fully saturated rings. The van der Waals surface area contributed by atoms with Crippen LogP contribution in [0.15, 0.2) is 39.7 Å². The molecule has 0 saturated heterocycles. The van der Waals surface area contributed by atoms with Crippen molar-refractivity contribution in [3.05, 3.63) is 50.4 Å². The standard InChI is InChI=1S/C16H14N2O5S/c19-14(20)8-16(7-11-9-17-6-5-13(11)24-16)15(21)10-1-3-12(4-2-10)18(22)23/h1-4,9H,5-8H2,(H,19,20). The molecule has 0 spiro atoms. The molecule has 1 N–H and O–H groups in total. The predicted molar refractivity (Wildman–Crippen MR) is 89.6 cm³/mol. The van der Waals surface area contributed by atoms with Crippen molar-refractivity contribution in [2.75, 3.05) is 6.54 Å². The van der Waals surface area contributed by atoms with Gasteiger partial charge < -0.3 is 5.11 Å². The highest BCUT2D eigenvalue weighted by molar-refractivity contribution is 8.05. The number of aliphatic carboxylic acids is 1. The number of non-ortho nitro benzene ring substituents is 1. The number of ketones is 1. The molecule has 24 heavy (non-hydrogen) atoms. The van der Waals surface area contributed by atoms with E-state index in [4.69, 9.17) is 0 Å². The van der Waals surface area contributed by atoms with Gasteiger partial charge in [-0.15, -0.1) is 11.8 Å². The van der Waals surface area contributed by atoms with E-state index in [0.29, 0.717) is 19.4 Å². The van der Waals surface area contributed by atoms with Gasteiger partial charge in [0.2, 0.25) is 0 Å². The van der Waals surface area contributed by atoms with Crippen LogP contribution in [0.1, 0.15) is 29.6 Å². The van der Waals surface area contributed by atoms with Crippen molar-refractivity contribution in [3.8, 4) is 0 Å². The quantitative estimate of drug-likeness (QED) is 0.499. The molecular formula is C16H14N2O5S. The number of allylic oxidation sites excluding steroid dienone is 1. The van der Waals surface area contributed by atoms with Gasteiger partial charge in [0.1, 0.15) is 0 Å². The first-order valence-electron chi connectivity index (χ1n) is 7.33. The Labute approximate surface area is 141 Å². The lowest BCUT2D eigenvalue weighted by atomic mass is 9.87. The van der Waals surface area contributed by atoms with E-state index in [1.54, 1.807) is 6.21 Å². The first kappa shape index (κ1) is 16.4. The summed E-state index contributed by atoms with van der Waals surface area (Å²) < 4.78 is -1.11. The molecule has 1 unspecified atom stereocenters. The maximum absolute atomic E-state index is 13.0. The van der Waals surface area contributed by atoms with E-state index < -0.39 is 15.6 Å². The number of nitrogens with zero attached hydrogens (tertiary/aromatic N) is 2. The minimum Gasteiger partial charge on any atom is -0.481 e. The number of nitro groups is 1. The Morgan fingerprint density at radius 3 is 2.62 bits per heavy atom. The van der Waals surface area contributed by atoms with E-state index in [1.807, 2.05) is 0 Å². The minimum atomic E-state index is -1.11. The van der Waals surface area contributed by atoms with E-state index in [2.05, 4.69) is 4.99 Å². The molecule has 0 saturated carbocycles. The smallest absolute Gasteiger partial charge is 0.305 e. The number of carboxylic acids is 1. The van der Waals surface area contributed by atoms with Crippen molar-refractivity contribution >= 4 is 35.4 Å². The highest BCUT2D eigenvalue weighted by Crippen LogP contribution is 2.51. The van der Waals surface area contributed by atoms with Crippen LogP contribution in [0.2, 0.25) is 0 Å². The molecule has 0 aliphatic carbocycles. The summed E-state index contributed by atoms with van der Waals surface area (Å²) in [6.07, 6.45) is 2.46. The second-order valence-corrected chi connectivity index (χ2v) is 7.19. The van der Waals surface area contributed by atoms with E-state index in [0.717, 1.165) is 10.5 Å². The number of Topliss-reactive ketones (excluding diaryl/α,β-unsaturated/α-hetero) is 1. The summed E-state index contributed by atoms with van der Waals surface area (Å²) in [4.78, 5) is 39.8. The van der Waals surface area contributed by atoms with Crippen molar-refractivity contribution < 1.29 is 19.6 Å². The van der Waals surface area contributed by atoms with Gasteiger partial charge in [0.05, 0.1) is 16.1 Å². The molecule has 0 aromatic heterocycles. The molecule has 1 atom stereocenters. The van der Waals surface area contributed by atoms with E-state index >= 15 is 0 Å². The van der Waals surface area contributed by atoms with Gasteiger partial charge >= 0.3 is 5.97 Å². The minimum absolute atomic E-state index is 0.109. The van der Waals surface area contributed by atoms with Crippen LogP contribution < -0.4 is 0 Å². The third-order valence-corrected chi connectivity index (χ3v) is 5.64. The van der Waals surface area contributed by atoms with E-state index in [9.17, 15) is 24.8 Å². The van der Waals surface area contributed by atoms with Gasteiger partial charge in [0.25, 0.3) is 5.69 Å². The number of carbonyl (C=O) groups excluding carboxylic acids is 1. The molecule has 1 aromatic carbocycles. The van der Waals surface area contributed by atoms with Crippen LogP contribution in [-0.2, 0) is 4.79 Å². The molecule has 3 rings (SSSR count). The Morgan fingerprint density at radius 2 is 2.04 bits per heavy atom. The lowest BCUT2D eigenvalue weighted by Gasteiger charge is -2.25.